The first-order chi connectivity index (χ1) is 24.9. The second kappa shape index (κ2) is 15.7. The number of rotatable bonds is 10. The standard InChI is InChI=1S/C35H43N11O5/c1-49-30-28(8-7-27-29(30)41-34(46-15-11-38-31(27)46)42-32(47)25-21-39-33(36)40-22-25)50-20-2-12-43-16-18-45(19-17-43)35(48)51-26-5-3-24(4-6-26)23-44-13-9-37-10-14-44/h3-8,21-22,37H,2,9-20,23H2,1H3,(H2,36,39,40)(H,41,42,47). The number of guanidine groups is 1. The Morgan fingerprint density at radius 3 is 2.45 bits per heavy atom. The third-order valence-electron chi connectivity index (χ3n) is 9.26. The number of amides is 2. The maximum atomic E-state index is 13.0. The molecule has 2 amide bonds. The lowest BCUT2D eigenvalue weighted by Gasteiger charge is -2.34. The highest BCUT2D eigenvalue weighted by Gasteiger charge is 2.33. The fourth-order valence-electron chi connectivity index (χ4n) is 6.51. The average molecular weight is 698 g/mol. The van der Waals surface area contributed by atoms with E-state index in [1.807, 2.05) is 41.3 Å². The quantitative estimate of drug-likeness (QED) is 0.261. The number of aliphatic imine (C=N–C) groups is 2. The van der Waals surface area contributed by atoms with E-state index in [1.54, 1.807) is 12.0 Å². The Balaban J connectivity index is 0.887. The van der Waals surface area contributed by atoms with Crippen LogP contribution in [-0.2, 0) is 6.54 Å². The van der Waals surface area contributed by atoms with Crippen LogP contribution in [0.2, 0.25) is 0 Å². The summed E-state index contributed by atoms with van der Waals surface area (Å²) in [6, 6.07) is 11.6. The first-order valence-corrected chi connectivity index (χ1v) is 17.3. The van der Waals surface area contributed by atoms with Crippen LogP contribution in [0.5, 0.6) is 17.2 Å². The van der Waals surface area contributed by atoms with Crippen molar-refractivity contribution in [2.24, 2.45) is 9.98 Å². The van der Waals surface area contributed by atoms with E-state index in [0.29, 0.717) is 67.5 Å². The minimum atomic E-state index is -0.417. The highest BCUT2D eigenvalue weighted by Crippen LogP contribution is 2.43. The van der Waals surface area contributed by atoms with Crippen LogP contribution in [0.25, 0.3) is 0 Å². The summed E-state index contributed by atoms with van der Waals surface area (Å²) in [6.45, 7) is 10.1. The number of methoxy groups -OCH3 is 1. The van der Waals surface area contributed by atoms with E-state index in [4.69, 9.17) is 24.9 Å². The zero-order valence-electron chi connectivity index (χ0n) is 28.7. The monoisotopic (exact) mass is 697 g/mol. The molecule has 2 aromatic carbocycles. The summed E-state index contributed by atoms with van der Waals surface area (Å²) < 4.78 is 17.7. The van der Waals surface area contributed by atoms with Crippen molar-refractivity contribution in [3.05, 3.63) is 65.5 Å². The third kappa shape index (κ3) is 8.03. The maximum absolute atomic E-state index is 13.0. The molecule has 4 aliphatic rings. The van der Waals surface area contributed by atoms with Crippen molar-refractivity contribution >= 4 is 35.4 Å². The number of ether oxygens (including phenoxy) is 3. The van der Waals surface area contributed by atoms with Crippen molar-refractivity contribution in [1.29, 1.82) is 0 Å². The van der Waals surface area contributed by atoms with Crippen LogP contribution in [0, 0.1) is 0 Å². The van der Waals surface area contributed by atoms with Gasteiger partial charge in [-0.25, -0.2) is 19.8 Å². The number of aromatic nitrogens is 2. The highest BCUT2D eigenvalue weighted by atomic mass is 16.6. The predicted octanol–water partition coefficient (Wildman–Crippen LogP) is 1.55. The minimum absolute atomic E-state index is 0.0839. The molecule has 0 saturated carbocycles. The summed E-state index contributed by atoms with van der Waals surface area (Å²) >= 11 is 0. The number of hydrogen-bond donors (Lipinski definition) is 3. The number of fused-ring (bicyclic) bond motifs is 3. The normalized spacial score (nSPS) is 17.6. The molecule has 2 fully saturated rings. The fraction of sp³-hybridized carbons (Fsp3) is 0.429. The van der Waals surface area contributed by atoms with Crippen LogP contribution in [0.4, 0.5) is 16.4 Å². The Morgan fingerprint density at radius 1 is 0.941 bits per heavy atom. The number of piperazine rings is 2. The van der Waals surface area contributed by atoms with Crippen LogP contribution in [-0.4, -0.2) is 139 Å². The molecular formula is C35H43N11O5. The van der Waals surface area contributed by atoms with Crippen molar-refractivity contribution in [2.45, 2.75) is 13.0 Å². The van der Waals surface area contributed by atoms with Gasteiger partial charge in [0.1, 0.15) is 17.3 Å². The van der Waals surface area contributed by atoms with Gasteiger partial charge in [0.2, 0.25) is 11.9 Å². The summed E-state index contributed by atoms with van der Waals surface area (Å²) in [7, 11) is 1.57. The number of nitrogen functional groups attached to an aromatic ring is 1. The molecule has 0 atom stereocenters. The van der Waals surface area contributed by atoms with Crippen LogP contribution in [0.15, 0.2) is 58.8 Å². The average Bonchev–Trinajstić information content (AvgIpc) is 3.66. The molecule has 0 unspecified atom stereocenters. The van der Waals surface area contributed by atoms with Crippen LogP contribution in [0.3, 0.4) is 0 Å². The number of nitrogens with two attached hydrogens (primary N) is 1. The topological polar surface area (TPSA) is 175 Å². The molecule has 0 spiro atoms. The van der Waals surface area contributed by atoms with Crippen LogP contribution >= 0.6 is 0 Å². The van der Waals surface area contributed by atoms with Gasteiger partial charge in [0.05, 0.1) is 25.8 Å². The van der Waals surface area contributed by atoms with Crippen molar-refractivity contribution in [2.75, 3.05) is 91.4 Å². The Bertz CT molecular complexity index is 1770. The highest BCUT2D eigenvalue weighted by molar-refractivity contribution is 6.20. The summed E-state index contributed by atoms with van der Waals surface area (Å²) in [6.07, 6.45) is 3.19. The molecule has 0 aliphatic carbocycles. The van der Waals surface area contributed by atoms with E-state index in [-0.39, 0.29) is 17.6 Å². The van der Waals surface area contributed by atoms with Crippen molar-refractivity contribution in [3.8, 4) is 17.2 Å². The second-order valence-corrected chi connectivity index (χ2v) is 12.6. The van der Waals surface area contributed by atoms with Gasteiger partial charge in [-0.2, -0.15) is 0 Å². The van der Waals surface area contributed by atoms with Crippen molar-refractivity contribution < 1.29 is 23.8 Å². The molecule has 4 N–H and O–H groups in total. The molecular weight excluding hydrogens is 654 g/mol. The van der Waals surface area contributed by atoms with Gasteiger partial charge in [-0.3, -0.25) is 29.8 Å². The fourth-order valence-corrected chi connectivity index (χ4v) is 6.51. The summed E-state index contributed by atoms with van der Waals surface area (Å²) in [5.41, 5.74) is 8.37. The van der Waals surface area contributed by atoms with Crippen molar-refractivity contribution in [3.63, 3.8) is 0 Å². The van der Waals surface area contributed by atoms with Gasteiger partial charge in [0.25, 0.3) is 5.91 Å². The molecule has 0 bridgehead atoms. The van der Waals surface area contributed by atoms with E-state index in [2.05, 4.69) is 35.4 Å². The zero-order chi connectivity index (χ0) is 35.2. The summed E-state index contributed by atoms with van der Waals surface area (Å²) in [4.78, 5) is 51.4. The predicted molar refractivity (Wildman–Crippen MR) is 191 cm³/mol. The lowest BCUT2D eigenvalue weighted by atomic mass is 10.1. The summed E-state index contributed by atoms with van der Waals surface area (Å²) in [5, 5.41) is 6.23. The molecule has 0 radical (unpaired) electrons. The smallest absolute Gasteiger partial charge is 0.415 e. The molecule has 16 heteroatoms. The molecule has 1 aromatic heterocycles. The van der Waals surface area contributed by atoms with E-state index >= 15 is 0 Å². The first-order valence-electron chi connectivity index (χ1n) is 17.3. The number of carbonyl (C=O) groups is 2. The summed E-state index contributed by atoms with van der Waals surface area (Å²) in [5.74, 6) is 2.28. The van der Waals surface area contributed by atoms with E-state index in [1.165, 1.54) is 18.0 Å². The lowest BCUT2D eigenvalue weighted by Crippen LogP contribution is -2.49. The van der Waals surface area contributed by atoms with Gasteiger partial charge in [-0.15, -0.1) is 0 Å². The molecule has 268 valence electrons. The van der Waals surface area contributed by atoms with Crippen LogP contribution < -0.4 is 30.6 Å². The largest absolute Gasteiger partial charge is 0.491 e. The molecule has 4 aliphatic heterocycles. The SMILES string of the molecule is COc1c(OCCCN2CCN(C(=O)Oc3ccc(CN4CCNCC4)cc3)CC2)ccc2c1N=C(NC(=O)c1cnc(N)nc1)N1CCN=C21. The van der Waals surface area contributed by atoms with E-state index in [0.717, 1.165) is 64.3 Å². The number of nitrogens with zero attached hydrogens (tertiary/aromatic N) is 8. The number of anilines is 1. The van der Waals surface area contributed by atoms with Gasteiger partial charge in [-0.05, 0) is 36.2 Å². The van der Waals surface area contributed by atoms with Gasteiger partial charge in [-0.1, -0.05) is 12.1 Å². The number of hydrogen-bond acceptors (Lipinski definition) is 14. The number of amidine groups is 1. The molecule has 51 heavy (non-hydrogen) atoms. The Labute approximate surface area is 296 Å². The van der Waals surface area contributed by atoms with E-state index < -0.39 is 5.91 Å². The zero-order valence-corrected chi connectivity index (χ0v) is 28.7. The van der Waals surface area contributed by atoms with Crippen LogP contribution in [0.1, 0.15) is 27.9 Å². The molecule has 2 saturated heterocycles. The Kier molecular flexibility index (Phi) is 10.5. The lowest BCUT2D eigenvalue weighted by molar-refractivity contribution is 0.0973. The number of carbonyl (C=O) groups excluding carboxylic acids is 2. The van der Waals surface area contributed by atoms with Gasteiger partial charge < -0.3 is 30.2 Å². The van der Waals surface area contributed by atoms with Gasteiger partial charge >= 0.3 is 6.09 Å². The Hall–Kier alpha value is -5.32. The Morgan fingerprint density at radius 2 is 1.71 bits per heavy atom. The second-order valence-electron chi connectivity index (χ2n) is 12.6. The number of nitrogens with one attached hydrogen (secondary N) is 2. The maximum Gasteiger partial charge on any atom is 0.415 e. The molecule has 7 rings (SSSR count). The minimum Gasteiger partial charge on any atom is -0.491 e. The van der Waals surface area contributed by atoms with E-state index in [9.17, 15) is 9.59 Å². The van der Waals surface area contributed by atoms with Gasteiger partial charge in [0, 0.05) is 89.9 Å². The van der Waals surface area contributed by atoms with Crippen molar-refractivity contribution in [1.82, 2.24) is 40.2 Å². The van der Waals surface area contributed by atoms with Gasteiger partial charge in [0.15, 0.2) is 11.5 Å². The molecule has 3 aromatic rings. The molecule has 16 nitrogen and oxygen atoms in total. The number of benzene rings is 2. The molecule has 5 heterocycles. The third-order valence-corrected chi connectivity index (χ3v) is 9.26. The first kappa shape index (κ1) is 34.1.